The summed E-state index contributed by atoms with van der Waals surface area (Å²) in [6.07, 6.45) is -4.39. The first-order valence-electron chi connectivity index (χ1n) is 9.17. The van der Waals surface area contributed by atoms with Crippen molar-refractivity contribution >= 4 is 10.9 Å². The van der Waals surface area contributed by atoms with Crippen LogP contribution in [0.25, 0.3) is 10.9 Å². The minimum absolute atomic E-state index is 0.0252. The summed E-state index contributed by atoms with van der Waals surface area (Å²) in [5.41, 5.74) is -0.840. The number of fused-ring (bicyclic) bond motifs is 1. The quantitative estimate of drug-likeness (QED) is 0.416. The molecule has 0 saturated heterocycles. The molecule has 0 aliphatic rings. The fourth-order valence-electron chi connectivity index (χ4n) is 2.78. The van der Waals surface area contributed by atoms with Crippen LogP contribution >= 0.6 is 0 Å². The van der Waals surface area contributed by atoms with E-state index in [2.05, 4.69) is 9.97 Å². The average molecular weight is 428 g/mol. The predicted octanol–water partition coefficient (Wildman–Crippen LogP) is 5.53. The number of hydrogen-bond donors (Lipinski definition) is 0. The molecule has 158 valence electrons. The van der Waals surface area contributed by atoms with Crippen molar-refractivity contribution in [3.05, 3.63) is 88.7 Å². The standard InChI is InChI=1S/C22H15F3N2O4/c1-13(20-27-18-5-3-2-4-17(18)21(28)31-20)29-15-7-9-16(10-8-15)30-19-11-6-14(12-26-19)22(23,24)25/h2-13H,1H3. The Bertz CT molecular complexity index is 1250. The summed E-state index contributed by atoms with van der Waals surface area (Å²) in [5.74, 6) is 0.982. The van der Waals surface area contributed by atoms with Crippen molar-refractivity contribution in [1.29, 1.82) is 0 Å². The smallest absolute Gasteiger partial charge is 0.417 e. The van der Waals surface area contributed by atoms with Crippen LogP contribution in [0.1, 0.15) is 24.5 Å². The summed E-state index contributed by atoms with van der Waals surface area (Å²) in [6, 6.07) is 15.2. The minimum Gasteiger partial charge on any atom is -0.481 e. The van der Waals surface area contributed by atoms with Gasteiger partial charge in [0.15, 0.2) is 6.10 Å². The van der Waals surface area contributed by atoms with Crippen LogP contribution in [0.2, 0.25) is 0 Å². The van der Waals surface area contributed by atoms with Gasteiger partial charge in [-0.3, -0.25) is 0 Å². The van der Waals surface area contributed by atoms with E-state index < -0.39 is 23.5 Å². The highest BCUT2D eigenvalue weighted by atomic mass is 19.4. The van der Waals surface area contributed by atoms with Crippen LogP contribution in [0, 0.1) is 0 Å². The van der Waals surface area contributed by atoms with Crippen molar-refractivity contribution in [3.8, 4) is 17.4 Å². The second-order valence-corrected chi connectivity index (χ2v) is 6.57. The number of hydrogen-bond acceptors (Lipinski definition) is 6. The number of aromatic nitrogens is 2. The Labute approximate surface area is 173 Å². The summed E-state index contributed by atoms with van der Waals surface area (Å²) < 4.78 is 54.3. The number of ether oxygens (including phenoxy) is 2. The molecule has 0 aliphatic carbocycles. The highest BCUT2D eigenvalue weighted by Gasteiger charge is 2.30. The lowest BCUT2D eigenvalue weighted by Crippen LogP contribution is -2.11. The minimum atomic E-state index is -4.46. The molecular formula is C22H15F3N2O4. The Morgan fingerprint density at radius 2 is 1.68 bits per heavy atom. The predicted molar refractivity (Wildman–Crippen MR) is 105 cm³/mol. The molecule has 2 aromatic heterocycles. The SMILES string of the molecule is CC(Oc1ccc(Oc2ccc(C(F)(F)F)cn2)cc1)c1nc2ccccc2c(=O)o1. The Kier molecular flexibility index (Phi) is 5.33. The summed E-state index contributed by atoms with van der Waals surface area (Å²) in [5, 5.41) is 0.386. The van der Waals surface area contributed by atoms with Crippen molar-refractivity contribution in [2.75, 3.05) is 0 Å². The summed E-state index contributed by atoms with van der Waals surface area (Å²) in [4.78, 5) is 20.1. The third-order valence-corrected chi connectivity index (χ3v) is 4.32. The molecule has 6 nitrogen and oxygen atoms in total. The molecule has 2 aromatic carbocycles. The highest BCUT2D eigenvalue weighted by molar-refractivity contribution is 5.76. The first kappa shape index (κ1) is 20.4. The third-order valence-electron chi connectivity index (χ3n) is 4.32. The normalized spacial score (nSPS) is 12.5. The first-order valence-corrected chi connectivity index (χ1v) is 9.17. The van der Waals surface area contributed by atoms with Gasteiger partial charge >= 0.3 is 11.8 Å². The molecule has 0 spiro atoms. The Morgan fingerprint density at radius 1 is 0.968 bits per heavy atom. The van der Waals surface area contributed by atoms with Gasteiger partial charge in [-0.15, -0.1) is 0 Å². The van der Waals surface area contributed by atoms with Crippen LogP contribution < -0.4 is 15.1 Å². The fourth-order valence-corrected chi connectivity index (χ4v) is 2.78. The maximum Gasteiger partial charge on any atom is 0.417 e. The third kappa shape index (κ3) is 4.66. The molecule has 9 heteroatoms. The van der Waals surface area contributed by atoms with Crippen LogP contribution in [-0.2, 0) is 6.18 Å². The van der Waals surface area contributed by atoms with Gasteiger partial charge < -0.3 is 13.9 Å². The van der Waals surface area contributed by atoms with Gasteiger partial charge in [0.25, 0.3) is 0 Å². The number of pyridine rings is 1. The maximum absolute atomic E-state index is 12.6. The lowest BCUT2D eigenvalue weighted by molar-refractivity contribution is -0.137. The fraction of sp³-hybridized carbons (Fsp3) is 0.136. The van der Waals surface area contributed by atoms with Gasteiger partial charge in [0, 0.05) is 12.3 Å². The monoisotopic (exact) mass is 428 g/mol. The van der Waals surface area contributed by atoms with Crippen molar-refractivity contribution in [1.82, 2.24) is 9.97 Å². The molecule has 1 unspecified atom stereocenters. The molecule has 4 rings (SSSR count). The van der Waals surface area contributed by atoms with E-state index >= 15 is 0 Å². The zero-order valence-electron chi connectivity index (χ0n) is 16.1. The average Bonchev–Trinajstić information content (AvgIpc) is 2.75. The molecule has 0 bridgehead atoms. The van der Waals surface area contributed by atoms with E-state index in [-0.39, 0.29) is 11.8 Å². The molecule has 0 amide bonds. The van der Waals surface area contributed by atoms with Crippen LogP contribution in [0.5, 0.6) is 17.4 Å². The molecule has 0 fully saturated rings. The van der Waals surface area contributed by atoms with E-state index in [1.807, 2.05) is 0 Å². The first-order chi connectivity index (χ1) is 14.8. The van der Waals surface area contributed by atoms with E-state index in [1.165, 1.54) is 0 Å². The zero-order valence-corrected chi connectivity index (χ0v) is 16.1. The van der Waals surface area contributed by atoms with Gasteiger partial charge in [-0.25, -0.2) is 14.8 Å². The van der Waals surface area contributed by atoms with Gasteiger partial charge in [-0.2, -0.15) is 13.2 Å². The van der Waals surface area contributed by atoms with Crippen molar-refractivity contribution in [2.24, 2.45) is 0 Å². The molecule has 0 N–H and O–H groups in total. The summed E-state index contributed by atoms with van der Waals surface area (Å²) in [7, 11) is 0. The molecule has 1 atom stereocenters. The molecular weight excluding hydrogens is 413 g/mol. The van der Waals surface area contributed by atoms with Crippen LogP contribution in [-0.4, -0.2) is 9.97 Å². The molecule has 31 heavy (non-hydrogen) atoms. The number of para-hydroxylation sites is 1. The number of benzene rings is 2. The lowest BCUT2D eigenvalue weighted by Gasteiger charge is -2.13. The van der Waals surface area contributed by atoms with Crippen LogP contribution in [0.15, 0.2) is 76.1 Å². The van der Waals surface area contributed by atoms with Gasteiger partial charge in [-0.05, 0) is 49.4 Å². The molecule has 0 radical (unpaired) electrons. The topological polar surface area (TPSA) is 74.5 Å². The number of halogens is 3. The van der Waals surface area contributed by atoms with E-state index in [9.17, 15) is 18.0 Å². The van der Waals surface area contributed by atoms with Crippen molar-refractivity contribution < 1.29 is 27.1 Å². The van der Waals surface area contributed by atoms with Gasteiger partial charge in [-0.1, -0.05) is 12.1 Å². The summed E-state index contributed by atoms with van der Waals surface area (Å²) in [6.45, 7) is 1.69. The summed E-state index contributed by atoms with van der Waals surface area (Å²) >= 11 is 0. The van der Waals surface area contributed by atoms with Crippen LogP contribution in [0.3, 0.4) is 0 Å². The van der Waals surface area contributed by atoms with E-state index in [1.54, 1.807) is 55.5 Å². The Balaban J connectivity index is 1.44. The molecule has 4 aromatic rings. The molecule has 0 aliphatic heterocycles. The van der Waals surface area contributed by atoms with Crippen molar-refractivity contribution in [3.63, 3.8) is 0 Å². The van der Waals surface area contributed by atoms with Crippen molar-refractivity contribution in [2.45, 2.75) is 19.2 Å². The second kappa shape index (κ2) is 8.10. The zero-order chi connectivity index (χ0) is 22.0. The van der Waals surface area contributed by atoms with Crippen LogP contribution in [0.4, 0.5) is 13.2 Å². The lowest BCUT2D eigenvalue weighted by atomic mass is 10.2. The van der Waals surface area contributed by atoms with E-state index in [4.69, 9.17) is 13.9 Å². The Hall–Kier alpha value is -3.88. The van der Waals surface area contributed by atoms with Gasteiger partial charge in [0.1, 0.15) is 11.5 Å². The maximum atomic E-state index is 12.6. The molecule has 2 heterocycles. The number of nitrogens with zero attached hydrogens (tertiary/aromatic N) is 2. The highest BCUT2D eigenvalue weighted by Crippen LogP contribution is 2.30. The van der Waals surface area contributed by atoms with E-state index in [0.29, 0.717) is 28.6 Å². The second-order valence-electron chi connectivity index (χ2n) is 6.57. The van der Waals surface area contributed by atoms with Gasteiger partial charge in [0.05, 0.1) is 16.5 Å². The molecule has 0 saturated carbocycles. The van der Waals surface area contributed by atoms with E-state index in [0.717, 1.165) is 12.1 Å². The van der Waals surface area contributed by atoms with Gasteiger partial charge in [0.2, 0.25) is 11.8 Å². The largest absolute Gasteiger partial charge is 0.481 e. The Morgan fingerprint density at radius 3 is 2.35 bits per heavy atom. The number of alkyl halides is 3. The number of rotatable bonds is 5.